The molecular formula is C20H22N2O3. The van der Waals surface area contributed by atoms with Crippen LogP contribution in [0.2, 0.25) is 0 Å². The molecule has 2 amide bonds. The molecule has 1 fully saturated rings. The zero-order valence-corrected chi connectivity index (χ0v) is 14.5. The first kappa shape index (κ1) is 17.0. The molecule has 5 nitrogen and oxygen atoms in total. The van der Waals surface area contributed by atoms with Crippen LogP contribution in [0.25, 0.3) is 0 Å². The molecule has 130 valence electrons. The van der Waals surface area contributed by atoms with Crippen molar-refractivity contribution in [3.8, 4) is 5.75 Å². The topological polar surface area (TPSA) is 58.6 Å². The fourth-order valence-electron chi connectivity index (χ4n) is 2.96. The van der Waals surface area contributed by atoms with Crippen molar-refractivity contribution in [2.45, 2.75) is 25.8 Å². The van der Waals surface area contributed by atoms with E-state index in [1.807, 2.05) is 55.5 Å². The average molecular weight is 338 g/mol. The number of methoxy groups -OCH3 is 1. The highest BCUT2D eigenvalue weighted by Crippen LogP contribution is 2.35. The Bertz CT molecular complexity index is 771. The number of anilines is 1. The molecule has 1 heterocycles. The van der Waals surface area contributed by atoms with Gasteiger partial charge in [-0.25, -0.2) is 0 Å². The number of amides is 2. The minimum atomic E-state index is -0.287. The van der Waals surface area contributed by atoms with Gasteiger partial charge in [0.15, 0.2) is 0 Å². The highest BCUT2D eigenvalue weighted by atomic mass is 16.5. The van der Waals surface area contributed by atoms with E-state index in [-0.39, 0.29) is 24.3 Å². The summed E-state index contributed by atoms with van der Waals surface area (Å²) in [6.45, 7) is 2.66. The number of benzene rings is 2. The lowest BCUT2D eigenvalue weighted by molar-refractivity contribution is -0.141. The molecule has 0 aliphatic carbocycles. The number of rotatable bonds is 5. The smallest absolute Gasteiger partial charge is 0.233 e. The number of aryl methyl sites for hydroxylation is 1. The molecule has 1 N–H and O–H groups in total. The van der Waals surface area contributed by atoms with Gasteiger partial charge in [0.05, 0.1) is 13.2 Å². The van der Waals surface area contributed by atoms with Gasteiger partial charge in [-0.1, -0.05) is 29.8 Å². The summed E-state index contributed by atoms with van der Waals surface area (Å²) in [4.78, 5) is 26.3. The second-order valence-corrected chi connectivity index (χ2v) is 6.26. The molecule has 0 saturated carbocycles. The lowest BCUT2D eigenvalue weighted by Crippen LogP contribution is -2.46. The number of hydrogen-bond acceptors (Lipinski definition) is 3. The van der Waals surface area contributed by atoms with Crippen LogP contribution in [0.15, 0.2) is 48.5 Å². The van der Waals surface area contributed by atoms with Crippen molar-refractivity contribution in [3.63, 3.8) is 0 Å². The van der Waals surface area contributed by atoms with Gasteiger partial charge in [-0.05, 0) is 43.2 Å². The van der Waals surface area contributed by atoms with Crippen molar-refractivity contribution in [1.82, 2.24) is 4.90 Å². The molecule has 0 spiro atoms. The Kier molecular flexibility index (Phi) is 5.03. The quantitative estimate of drug-likeness (QED) is 0.851. The minimum absolute atomic E-state index is 0.0229. The molecule has 0 radical (unpaired) electrons. The standard InChI is InChI=1S/C20H22N2O3/c1-14-6-8-16(9-7-14)21-19(23)13-20(24)22-11-10-18(22)15-4-3-5-17(12-15)25-2/h3-9,12,18H,10-11,13H2,1-2H3,(H,21,23). The summed E-state index contributed by atoms with van der Waals surface area (Å²) in [5.41, 5.74) is 2.87. The maximum Gasteiger partial charge on any atom is 0.233 e. The fraction of sp³-hybridized carbons (Fsp3) is 0.300. The van der Waals surface area contributed by atoms with Crippen LogP contribution in [0, 0.1) is 6.92 Å². The van der Waals surface area contributed by atoms with Crippen LogP contribution >= 0.6 is 0 Å². The van der Waals surface area contributed by atoms with Gasteiger partial charge < -0.3 is 15.0 Å². The van der Waals surface area contributed by atoms with E-state index in [1.54, 1.807) is 12.0 Å². The van der Waals surface area contributed by atoms with E-state index in [9.17, 15) is 9.59 Å². The Balaban J connectivity index is 1.59. The van der Waals surface area contributed by atoms with Gasteiger partial charge >= 0.3 is 0 Å². The van der Waals surface area contributed by atoms with Gasteiger partial charge in [0.1, 0.15) is 12.2 Å². The molecule has 2 aromatic rings. The first-order chi connectivity index (χ1) is 12.1. The first-order valence-electron chi connectivity index (χ1n) is 8.37. The number of nitrogens with one attached hydrogen (secondary N) is 1. The summed E-state index contributed by atoms with van der Waals surface area (Å²) in [5, 5.41) is 2.77. The third-order valence-electron chi connectivity index (χ3n) is 4.47. The molecule has 1 aliphatic rings. The van der Waals surface area contributed by atoms with Crippen molar-refractivity contribution in [3.05, 3.63) is 59.7 Å². The SMILES string of the molecule is COc1cccc(C2CCN2C(=O)CC(=O)Nc2ccc(C)cc2)c1. The molecule has 25 heavy (non-hydrogen) atoms. The molecule has 0 bridgehead atoms. The molecule has 0 aromatic heterocycles. The Morgan fingerprint density at radius 3 is 2.60 bits per heavy atom. The molecule has 5 heteroatoms. The Hall–Kier alpha value is -2.82. The van der Waals surface area contributed by atoms with Crippen LogP contribution in [-0.4, -0.2) is 30.4 Å². The number of carbonyl (C=O) groups excluding carboxylic acids is 2. The van der Waals surface area contributed by atoms with Crippen molar-refractivity contribution in [1.29, 1.82) is 0 Å². The second-order valence-electron chi connectivity index (χ2n) is 6.26. The molecule has 1 atom stereocenters. The molecule has 2 aromatic carbocycles. The predicted octanol–water partition coefficient (Wildman–Crippen LogP) is 3.31. The van der Waals surface area contributed by atoms with E-state index < -0.39 is 0 Å². The Labute approximate surface area is 147 Å². The lowest BCUT2D eigenvalue weighted by atomic mass is 9.94. The van der Waals surface area contributed by atoms with Gasteiger partial charge in [0, 0.05) is 12.2 Å². The van der Waals surface area contributed by atoms with Crippen LogP contribution in [0.1, 0.15) is 30.0 Å². The van der Waals surface area contributed by atoms with Crippen molar-refractivity contribution in [2.24, 2.45) is 0 Å². The van der Waals surface area contributed by atoms with Crippen LogP contribution in [0.3, 0.4) is 0 Å². The van der Waals surface area contributed by atoms with Crippen molar-refractivity contribution >= 4 is 17.5 Å². The van der Waals surface area contributed by atoms with E-state index in [2.05, 4.69) is 5.32 Å². The number of hydrogen-bond donors (Lipinski definition) is 1. The normalized spacial score (nSPS) is 16.1. The van der Waals surface area contributed by atoms with E-state index >= 15 is 0 Å². The molecule has 3 rings (SSSR count). The minimum Gasteiger partial charge on any atom is -0.497 e. The average Bonchev–Trinajstić information content (AvgIpc) is 2.56. The maximum absolute atomic E-state index is 12.5. The number of nitrogens with zero attached hydrogens (tertiary/aromatic N) is 1. The Morgan fingerprint density at radius 1 is 1.20 bits per heavy atom. The van der Waals surface area contributed by atoms with Crippen molar-refractivity contribution < 1.29 is 14.3 Å². The zero-order valence-electron chi connectivity index (χ0n) is 14.5. The summed E-state index contributed by atoms with van der Waals surface area (Å²) in [6, 6.07) is 15.3. The molecular weight excluding hydrogens is 316 g/mol. The lowest BCUT2D eigenvalue weighted by Gasteiger charge is -2.41. The highest BCUT2D eigenvalue weighted by molar-refractivity contribution is 6.03. The summed E-state index contributed by atoms with van der Waals surface area (Å²) < 4.78 is 5.24. The predicted molar refractivity (Wildman–Crippen MR) is 96.5 cm³/mol. The Morgan fingerprint density at radius 2 is 1.96 bits per heavy atom. The largest absolute Gasteiger partial charge is 0.497 e. The monoisotopic (exact) mass is 338 g/mol. The summed E-state index contributed by atoms with van der Waals surface area (Å²) in [5.74, 6) is 0.336. The maximum atomic E-state index is 12.5. The fourth-order valence-corrected chi connectivity index (χ4v) is 2.96. The van der Waals surface area contributed by atoms with Gasteiger partial charge in [0.2, 0.25) is 11.8 Å². The van der Waals surface area contributed by atoms with E-state index in [0.29, 0.717) is 12.2 Å². The molecule has 1 saturated heterocycles. The number of carbonyl (C=O) groups is 2. The van der Waals surface area contributed by atoms with E-state index in [4.69, 9.17) is 4.74 Å². The second kappa shape index (κ2) is 7.38. The van der Waals surface area contributed by atoms with Crippen LogP contribution in [-0.2, 0) is 9.59 Å². The van der Waals surface area contributed by atoms with Gasteiger partial charge in [-0.2, -0.15) is 0 Å². The zero-order chi connectivity index (χ0) is 17.8. The van der Waals surface area contributed by atoms with Crippen LogP contribution in [0.5, 0.6) is 5.75 Å². The van der Waals surface area contributed by atoms with Gasteiger partial charge in [-0.3, -0.25) is 9.59 Å². The first-order valence-corrected chi connectivity index (χ1v) is 8.37. The summed E-state index contributed by atoms with van der Waals surface area (Å²) in [6.07, 6.45) is 0.757. The van der Waals surface area contributed by atoms with Crippen LogP contribution in [0.4, 0.5) is 5.69 Å². The van der Waals surface area contributed by atoms with Gasteiger partial charge in [0.25, 0.3) is 0 Å². The van der Waals surface area contributed by atoms with Crippen LogP contribution < -0.4 is 10.1 Å². The number of likely N-dealkylation sites (tertiary alicyclic amines) is 1. The van der Waals surface area contributed by atoms with Gasteiger partial charge in [-0.15, -0.1) is 0 Å². The third-order valence-corrected chi connectivity index (χ3v) is 4.47. The van der Waals surface area contributed by atoms with E-state index in [1.165, 1.54) is 0 Å². The third kappa shape index (κ3) is 3.99. The summed E-state index contributed by atoms with van der Waals surface area (Å²) in [7, 11) is 1.62. The molecule has 1 unspecified atom stereocenters. The molecule has 1 aliphatic heterocycles. The number of ether oxygens (including phenoxy) is 1. The van der Waals surface area contributed by atoms with Crippen molar-refractivity contribution in [2.75, 3.05) is 19.0 Å². The summed E-state index contributed by atoms with van der Waals surface area (Å²) >= 11 is 0. The highest BCUT2D eigenvalue weighted by Gasteiger charge is 2.34. The van der Waals surface area contributed by atoms with E-state index in [0.717, 1.165) is 23.3 Å².